The fourth-order valence-corrected chi connectivity index (χ4v) is 0.586. The largest absolute Gasteiger partial charge is 0.344 e. The van der Waals surface area contributed by atoms with Crippen LogP contribution in [0.5, 0.6) is 0 Å². The van der Waals surface area contributed by atoms with Gasteiger partial charge >= 0.3 is 5.70 Å². The first-order chi connectivity index (χ1) is 6.20. The van der Waals surface area contributed by atoms with Gasteiger partial charge in [-0.25, -0.2) is 0 Å². The van der Waals surface area contributed by atoms with Crippen LogP contribution in [0.15, 0.2) is 35.6 Å². The summed E-state index contributed by atoms with van der Waals surface area (Å²) in [6.07, 6.45) is 4.35. The molecule has 1 rings (SSSR count). The van der Waals surface area contributed by atoms with E-state index in [4.69, 9.17) is 0 Å². The molecule has 13 heavy (non-hydrogen) atoms. The molecule has 1 aliphatic rings. The molecule has 0 aromatic rings. The summed E-state index contributed by atoms with van der Waals surface area (Å²) in [5, 5.41) is 10.2. The van der Waals surface area contributed by atoms with E-state index in [1.54, 1.807) is 18.1 Å². The third-order valence-corrected chi connectivity index (χ3v) is 1.11. The third kappa shape index (κ3) is 3.97. The molecule has 0 aromatic heterocycles. The van der Waals surface area contributed by atoms with Gasteiger partial charge in [-0.1, -0.05) is 19.6 Å². The van der Waals surface area contributed by atoms with Crippen LogP contribution in [0.25, 0.3) is 0 Å². The minimum atomic E-state index is -0.503. The van der Waals surface area contributed by atoms with Crippen LogP contribution in [0.2, 0.25) is 0 Å². The Kier molecular flexibility index (Phi) is 5.05. The summed E-state index contributed by atoms with van der Waals surface area (Å²) in [6.45, 7) is 4.00. The van der Waals surface area contributed by atoms with Crippen LogP contribution in [-0.4, -0.2) is 16.9 Å². The van der Waals surface area contributed by atoms with Crippen molar-refractivity contribution in [1.82, 2.24) is 4.90 Å². The zero-order valence-electron chi connectivity index (χ0n) is 7.94. The van der Waals surface area contributed by atoms with Gasteiger partial charge in [0.1, 0.15) is 0 Å². The lowest BCUT2D eigenvalue weighted by molar-refractivity contribution is -0.418. The minimum absolute atomic E-state index is 0.0781. The van der Waals surface area contributed by atoms with E-state index < -0.39 is 4.92 Å². The highest BCUT2D eigenvalue weighted by Gasteiger charge is 2.03. The molecule has 0 saturated carbocycles. The van der Waals surface area contributed by atoms with Crippen molar-refractivity contribution in [1.29, 1.82) is 0 Å². The number of allylic oxidation sites excluding steroid dienone is 1. The molecule has 0 spiro atoms. The fourth-order valence-electron chi connectivity index (χ4n) is 0.586. The Morgan fingerprint density at radius 1 is 1.46 bits per heavy atom. The van der Waals surface area contributed by atoms with Gasteiger partial charge in [0.15, 0.2) is 0 Å². The van der Waals surface area contributed by atoms with Crippen molar-refractivity contribution < 1.29 is 4.92 Å². The van der Waals surface area contributed by atoms with Crippen molar-refractivity contribution in [3.8, 4) is 0 Å². The van der Waals surface area contributed by atoms with E-state index in [2.05, 4.69) is 11.5 Å². The molecule has 1 aliphatic heterocycles. The van der Waals surface area contributed by atoms with Gasteiger partial charge in [-0.3, -0.25) is 10.1 Å². The lowest BCUT2D eigenvalue weighted by Crippen LogP contribution is -1.97. The summed E-state index contributed by atoms with van der Waals surface area (Å²) in [5.74, 6) is 0. The first-order valence-electron chi connectivity index (χ1n) is 3.96. The van der Waals surface area contributed by atoms with Crippen molar-refractivity contribution in [3.05, 3.63) is 45.7 Å². The van der Waals surface area contributed by atoms with Crippen LogP contribution in [-0.2, 0) is 0 Å². The predicted octanol–water partition coefficient (Wildman–Crippen LogP) is 1.90. The Bertz CT molecular complexity index is 306. The second-order valence-corrected chi connectivity index (χ2v) is 2.02. The van der Waals surface area contributed by atoms with Gasteiger partial charge in [-0.15, -0.1) is 0 Å². The van der Waals surface area contributed by atoms with Gasteiger partial charge in [-0.2, -0.15) is 0 Å². The summed E-state index contributed by atoms with van der Waals surface area (Å²) in [7, 11) is 1.75. The third-order valence-electron chi connectivity index (χ3n) is 1.11. The predicted molar refractivity (Wildman–Crippen MR) is 50.4 cm³/mol. The van der Waals surface area contributed by atoms with Crippen LogP contribution >= 0.6 is 0 Å². The molecule has 70 valence electrons. The van der Waals surface area contributed by atoms with E-state index in [1.165, 1.54) is 12.3 Å². The quantitative estimate of drug-likeness (QED) is 0.351. The van der Waals surface area contributed by atoms with Gasteiger partial charge in [0.25, 0.3) is 0 Å². The first-order valence-corrected chi connectivity index (χ1v) is 3.96. The van der Waals surface area contributed by atoms with Crippen molar-refractivity contribution in [2.75, 3.05) is 7.05 Å². The number of hydrogen-bond acceptors (Lipinski definition) is 3. The summed E-state index contributed by atoms with van der Waals surface area (Å²) < 4.78 is 0. The monoisotopic (exact) mass is 180 g/mol. The number of rotatable bonds is 1. The summed E-state index contributed by atoms with van der Waals surface area (Å²) in [5.41, 5.74) is 5.05. The van der Waals surface area contributed by atoms with Crippen molar-refractivity contribution >= 4 is 0 Å². The highest BCUT2D eigenvalue weighted by molar-refractivity contribution is 5.12. The molecule has 0 atom stereocenters. The Balaban J connectivity index is 0.000000671. The van der Waals surface area contributed by atoms with Crippen molar-refractivity contribution in [2.24, 2.45) is 0 Å². The van der Waals surface area contributed by atoms with E-state index >= 15 is 0 Å². The van der Waals surface area contributed by atoms with Crippen LogP contribution in [0.1, 0.15) is 13.8 Å². The summed E-state index contributed by atoms with van der Waals surface area (Å²) in [4.78, 5) is 11.3. The van der Waals surface area contributed by atoms with Gasteiger partial charge in [0, 0.05) is 13.2 Å². The zero-order valence-corrected chi connectivity index (χ0v) is 7.94. The number of nitro groups is 1. The molecule has 0 unspecified atom stereocenters. The lowest BCUT2D eigenvalue weighted by atomic mass is 10.4. The first kappa shape index (κ1) is 11.2. The van der Waals surface area contributed by atoms with Crippen molar-refractivity contribution in [2.45, 2.75) is 13.8 Å². The molecule has 0 radical (unpaired) electrons. The van der Waals surface area contributed by atoms with Crippen LogP contribution in [0.3, 0.4) is 0 Å². The van der Waals surface area contributed by atoms with Crippen LogP contribution in [0.4, 0.5) is 0 Å². The van der Waals surface area contributed by atoms with E-state index in [0.717, 1.165) is 0 Å². The Morgan fingerprint density at radius 2 is 2.08 bits per heavy atom. The molecule has 0 aromatic carbocycles. The molecular formula is C9H12N2O2. The normalized spacial score (nSPS) is 12.8. The van der Waals surface area contributed by atoms with E-state index in [-0.39, 0.29) is 5.70 Å². The smallest absolute Gasteiger partial charge is 0.321 e. The van der Waals surface area contributed by atoms with Gasteiger partial charge in [0.2, 0.25) is 0 Å². The molecule has 0 N–H and O–H groups in total. The highest BCUT2D eigenvalue weighted by Crippen LogP contribution is 1.98. The van der Waals surface area contributed by atoms with E-state index in [1.807, 2.05) is 13.8 Å². The average molecular weight is 180 g/mol. The molecule has 0 bridgehead atoms. The standard InChI is InChI=1S/C7H6N2O2.C2H6/c1-8-5-2-3-7(4-6-8)9(10)11;1-2/h3,5-6H,1H3;1-2H3. The molecule has 0 fully saturated rings. The molecule has 4 nitrogen and oxygen atoms in total. The Labute approximate surface area is 77.3 Å². The fraction of sp³-hybridized carbons (Fsp3) is 0.333. The maximum atomic E-state index is 10.2. The van der Waals surface area contributed by atoms with Crippen LogP contribution in [0, 0.1) is 10.1 Å². The molecule has 0 amide bonds. The van der Waals surface area contributed by atoms with Crippen LogP contribution < -0.4 is 0 Å². The minimum Gasteiger partial charge on any atom is -0.344 e. The van der Waals surface area contributed by atoms with Gasteiger partial charge < -0.3 is 4.90 Å². The zero-order chi connectivity index (χ0) is 10.3. The lowest BCUT2D eigenvalue weighted by Gasteiger charge is -1.99. The summed E-state index contributed by atoms with van der Waals surface area (Å²) in [6, 6.07) is 0. The molecule has 0 saturated heterocycles. The SMILES string of the molecule is CC.CN1C=C=CC([N+](=O)[O-])=C=C1. The number of hydrogen-bond donors (Lipinski definition) is 0. The second-order valence-electron chi connectivity index (χ2n) is 2.02. The van der Waals surface area contributed by atoms with Gasteiger partial charge in [-0.05, 0) is 5.73 Å². The molecular weight excluding hydrogens is 168 g/mol. The molecule has 4 heteroatoms. The maximum Gasteiger partial charge on any atom is 0.321 e. The second kappa shape index (κ2) is 5.84. The maximum absolute atomic E-state index is 10.2. The Hall–Kier alpha value is -1.76. The molecule has 1 heterocycles. The highest BCUT2D eigenvalue weighted by atomic mass is 16.6. The summed E-state index contributed by atoms with van der Waals surface area (Å²) >= 11 is 0. The van der Waals surface area contributed by atoms with Crippen molar-refractivity contribution in [3.63, 3.8) is 0 Å². The average Bonchev–Trinajstić information content (AvgIpc) is 2.33. The van der Waals surface area contributed by atoms with E-state index in [9.17, 15) is 10.1 Å². The molecule has 0 aliphatic carbocycles. The topological polar surface area (TPSA) is 46.4 Å². The van der Waals surface area contributed by atoms with Gasteiger partial charge in [0.05, 0.1) is 17.2 Å². The Morgan fingerprint density at radius 3 is 2.62 bits per heavy atom. The number of nitrogens with zero attached hydrogens (tertiary/aromatic N) is 2. The van der Waals surface area contributed by atoms with E-state index in [0.29, 0.717) is 0 Å².